The lowest BCUT2D eigenvalue weighted by atomic mass is 10.3. The fourth-order valence-corrected chi connectivity index (χ4v) is 0.729. The maximum atomic E-state index is 7.09. The topological polar surface area (TPSA) is 18.5 Å². The lowest BCUT2D eigenvalue weighted by molar-refractivity contribution is 0.174. The van der Waals surface area contributed by atoms with Crippen LogP contribution in [-0.4, -0.2) is 6.75 Å². The fourth-order valence-electron chi connectivity index (χ4n) is 0.729. The molecule has 0 saturated heterocycles. The predicted octanol–water partition coefficient (Wildman–Crippen LogP) is 1.42. The molecule has 0 saturated carbocycles. The van der Waals surface area contributed by atoms with E-state index in [0.717, 1.165) is 0 Å². The highest BCUT2D eigenvalue weighted by molar-refractivity contribution is 5.40. The third-order valence-corrected chi connectivity index (χ3v) is 1.15. The largest absolute Gasteiger partial charge is 0.454 e. The number of benzene rings is 1. The van der Waals surface area contributed by atoms with Crippen LogP contribution in [0.3, 0.4) is 0 Å². The van der Waals surface area contributed by atoms with Crippen molar-refractivity contribution in [2.45, 2.75) is 0 Å². The van der Waals surface area contributed by atoms with Crippen LogP contribution in [0.5, 0.6) is 11.5 Å². The molecule has 0 atom stereocenters. The molecule has 0 unspecified atom stereocenters. The van der Waals surface area contributed by atoms with Gasteiger partial charge >= 0.3 is 0 Å². The first kappa shape index (κ1) is 3.11. The Hall–Kier alpha value is -1.18. The first-order valence-corrected chi connectivity index (χ1v) is 2.64. The van der Waals surface area contributed by atoms with E-state index in [0.29, 0.717) is 11.5 Å². The van der Waals surface area contributed by atoms with Crippen molar-refractivity contribution >= 4 is 0 Å². The van der Waals surface area contributed by atoms with Gasteiger partial charge in [0.25, 0.3) is 0 Å². The van der Waals surface area contributed by atoms with Crippen LogP contribution in [0.2, 0.25) is 0 Å². The quantitative estimate of drug-likeness (QED) is 0.520. The van der Waals surface area contributed by atoms with E-state index in [2.05, 4.69) is 0 Å². The van der Waals surface area contributed by atoms with Crippen molar-refractivity contribution in [1.29, 1.82) is 0 Å². The maximum Gasteiger partial charge on any atom is 0.231 e. The molecule has 1 aliphatic rings. The van der Waals surface area contributed by atoms with Crippen LogP contribution in [0.1, 0.15) is 2.74 Å². The maximum absolute atomic E-state index is 7.09. The summed E-state index contributed by atoms with van der Waals surface area (Å²) in [5.74, 6) is 0.912. The zero-order valence-electron chi connectivity index (χ0n) is 6.63. The van der Waals surface area contributed by atoms with Gasteiger partial charge in [0.05, 0.1) is 0 Å². The number of ether oxygens (including phenoxy) is 2. The highest BCUT2D eigenvalue weighted by atomic mass is 16.7. The van der Waals surface area contributed by atoms with E-state index >= 15 is 0 Å². The number of para-hydroxylation sites is 2. The Morgan fingerprint density at radius 1 is 1.22 bits per heavy atom. The molecule has 0 aliphatic carbocycles. The van der Waals surface area contributed by atoms with E-state index in [1.807, 2.05) is 0 Å². The molecule has 0 amide bonds. The third-order valence-electron chi connectivity index (χ3n) is 1.15. The predicted molar refractivity (Wildman–Crippen MR) is 32.6 cm³/mol. The molecule has 0 fully saturated rings. The van der Waals surface area contributed by atoms with Crippen molar-refractivity contribution in [3.63, 3.8) is 0 Å². The second-order valence-corrected chi connectivity index (χ2v) is 1.73. The monoisotopic (exact) mass is 124 g/mol. The summed E-state index contributed by atoms with van der Waals surface area (Å²) in [5, 5.41) is 0. The Labute approximate surface area is 55.8 Å². The first-order chi connectivity index (χ1) is 5.17. The second kappa shape index (κ2) is 1.65. The van der Waals surface area contributed by atoms with Crippen LogP contribution in [0, 0.1) is 0 Å². The Morgan fingerprint density at radius 2 is 1.78 bits per heavy atom. The number of fused-ring (bicyclic) bond motifs is 1. The minimum absolute atomic E-state index is 0.456. The molecule has 1 heterocycles. The number of rotatable bonds is 0. The summed E-state index contributed by atoms with van der Waals surface area (Å²) in [6.45, 7) is -2.00. The number of hydrogen-bond donors (Lipinski definition) is 0. The molecule has 2 rings (SSSR count). The van der Waals surface area contributed by atoms with E-state index in [9.17, 15) is 0 Å². The Bertz CT molecular complexity index is 259. The lowest BCUT2D eigenvalue weighted by Gasteiger charge is -1.89. The molecule has 0 N–H and O–H groups in total. The van der Waals surface area contributed by atoms with Crippen molar-refractivity contribution in [3.8, 4) is 11.5 Å². The van der Waals surface area contributed by atoms with Gasteiger partial charge < -0.3 is 9.47 Å². The highest BCUT2D eigenvalue weighted by Crippen LogP contribution is 2.30. The molecular formula is C7H6O2. The zero-order valence-corrected chi connectivity index (χ0v) is 4.63. The summed E-state index contributed by atoms with van der Waals surface area (Å²) in [4.78, 5) is 0. The van der Waals surface area contributed by atoms with Gasteiger partial charge in [-0.25, -0.2) is 0 Å². The highest BCUT2D eigenvalue weighted by Gasteiger charge is 2.09. The minimum Gasteiger partial charge on any atom is -0.454 e. The Balaban J connectivity index is 2.41. The van der Waals surface area contributed by atoms with E-state index in [-0.39, 0.29) is 0 Å². The molecule has 2 nitrogen and oxygen atoms in total. The SMILES string of the molecule is [2H]C1([2H])Oc2ccccc2O1. The molecule has 46 valence electrons. The zero-order chi connectivity index (χ0) is 7.90. The van der Waals surface area contributed by atoms with Gasteiger partial charge in [0.2, 0.25) is 6.75 Å². The molecule has 1 aliphatic heterocycles. The standard InChI is InChI=1S/C7H6O2/c1-2-4-7-6(3-1)8-5-9-7/h1-4H,5H2/i5D2. The summed E-state index contributed by atoms with van der Waals surface area (Å²) in [6.07, 6.45) is 0. The summed E-state index contributed by atoms with van der Waals surface area (Å²) in [6, 6.07) is 6.87. The average Bonchev–Trinajstić information content (AvgIpc) is 2.21. The van der Waals surface area contributed by atoms with Crippen molar-refractivity contribution in [1.82, 2.24) is 0 Å². The molecule has 0 aromatic heterocycles. The summed E-state index contributed by atoms with van der Waals surface area (Å²) >= 11 is 0. The van der Waals surface area contributed by atoms with Crippen molar-refractivity contribution < 1.29 is 12.2 Å². The minimum atomic E-state index is -2.00. The summed E-state index contributed by atoms with van der Waals surface area (Å²) < 4.78 is 23.8. The second-order valence-electron chi connectivity index (χ2n) is 1.73. The van der Waals surface area contributed by atoms with Crippen LogP contribution in [0.15, 0.2) is 24.3 Å². The molecule has 1 aromatic rings. The van der Waals surface area contributed by atoms with Gasteiger partial charge in [0.1, 0.15) is 2.74 Å². The van der Waals surface area contributed by atoms with Crippen molar-refractivity contribution in [3.05, 3.63) is 24.3 Å². The Kier molecular flexibility index (Phi) is 0.571. The van der Waals surface area contributed by atoms with Crippen LogP contribution >= 0.6 is 0 Å². The van der Waals surface area contributed by atoms with Crippen LogP contribution in [0.25, 0.3) is 0 Å². The van der Waals surface area contributed by atoms with Gasteiger partial charge in [-0.2, -0.15) is 0 Å². The van der Waals surface area contributed by atoms with Crippen LogP contribution in [-0.2, 0) is 0 Å². The first-order valence-electron chi connectivity index (χ1n) is 3.64. The molecule has 0 radical (unpaired) electrons. The van der Waals surface area contributed by atoms with E-state index < -0.39 is 6.75 Å². The smallest absolute Gasteiger partial charge is 0.231 e. The van der Waals surface area contributed by atoms with Crippen molar-refractivity contribution in [2.24, 2.45) is 0 Å². The van der Waals surface area contributed by atoms with Gasteiger partial charge in [-0.05, 0) is 12.1 Å². The van der Waals surface area contributed by atoms with E-state index in [1.54, 1.807) is 24.3 Å². The van der Waals surface area contributed by atoms with Gasteiger partial charge in [0, 0.05) is 0 Å². The third kappa shape index (κ3) is 0.633. The Morgan fingerprint density at radius 3 is 2.33 bits per heavy atom. The molecule has 1 aromatic carbocycles. The van der Waals surface area contributed by atoms with Crippen LogP contribution < -0.4 is 9.47 Å². The molecule has 0 bridgehead atoms. The van der Waals surface area contributed by atoms with Crippen LogP contribution in [0.4, 0.5) is 0 Å². The lowest BCUT2D eigenvalue weighted by Crippen LogP contribution is -1.92. The average molecular weight is 124 g/mol. The fraction of sp³-hybridized carbons (Fsp3) is 0.143. The summed E-state index contributed by atoms with van der Waals surface area (Å²) in [7, 11) is 0. The van der Waals surface area contributed by atoms with Crippen molar-refractivity contribution in [2.75, 3.05) is 6.75 Å². The van der Waals surface area contributed by atoms with Gasteiger partial charge in [-0.15, -0.1) is 0 Å². The summed E-state index contributed by atoms with van der Waals surface area (Å²) in [5.41, 5.74) is 0. The number of hydrogen-bond acceptors (Lipinski definition) is 2. The normalized spacial score (nSPS) is 22.7. The van der Waals surface area contributed by atoms with E-state index in [4.69, 9.17) is 12.2 Å². The molecule has 9 heavy (non-hydrogen) atoms. The van der Waals surface area contributed by atoms with Gasteiger partial charge in [0.15, 0.2) is 11.5 Å². The molecular weight excluding hydrogens is 116 g/mol. The molecule has 0 spiro atoms. The van der Waals surface area contributed by atoms with Gasteiger partial charge in [-0.3, -0.25) is 0 Å². The van der Waals surface area contributed by atoms with Gasteiger partial charge in [-0.1, -0.05) is 12.1 Å². The molecule has 2 heteroatoms. The van der Waals surface area contributed by atoms with E-state index in [1.165, 1.54) is 0 Å².